The standard InChI is InChI=1S/C26H30ClN3O4/c1-6-33-23-14-18(11-12-22(23)34-15-24(31)30(16(2)3)17(4)5)13-20(27)25-28-21-10-8-7-9-19(21)26(32)29-25/h7-14,16-17H,6,15H2,1-5H3,(H,28,29,32)/b20-13-. The van der Waals surface area contributed by atoms with Gasteiger partial charge in [-0.3, -0.25) is 9.59 Å². The van der Waals surface area contributed by atoms with E-state index in [1.54, 1.807) is 47.4 Å². The van der Waals surface area contributed by atoms with Crippen LogP contribution in [0.15, 0.2) is 47.3 Å². The molecule has 0 atom stereocenters. The lowest BCUT2D eigenvalue weighted by molar-refractivity contribution is -0.137. The highest BCUT2D eigenvalue weighted by atomic mass is 35.5. The van der Waals surface area contributed by atoms with Crippen molar-refractivity contribution in [2.45, 2.75) is 46.7 Å². The van der Waals surface area contributed by atoms with Crippen molar-refractivity contribution in [2.24, 2.45) is 0 Å². The van der Waals surface area contributed by atoms with E-state index in [1.807, 2.05) is 40.7 Å². The third kappa shape index (κ3) is 5.97. The van der Waals surface area contributed by atoms with Crippen molar-refractivity contribution >= 4 is 39.5 Å². The number of hydrogen-bond donors (Lipinski definition) is 1. The number of nitrogens with one attached hydrogen (secondary N) is 1. The number of carbonyl (C=O) groups excluding carboxylic acids is 1. The molecule has 34 heavy (non-hydrogen) atoms. The molecule has 1 N–H and O–H groups in total. The van der Waals surface area contributed by atoms with E-state index in [0.29, 0.717) is 29.0 Å². The summed E-state index contributed by atoms with van der Waals surface area (Å²) in [4.78, 5) is 34.0. The number of halogens is 1. The van der Waals surface area contributed by atoms with Crippen molar-refractivity contribution in [1.82, 2.24) is 14.9 Å². The lowest BCUT2D eigenvalue weighted by atomic mass is 10.1. The summed E-state index contributed by atoms with van der Waals surface area (Å²) in [5.74, 6) is 1.14. The highest BCUT2D eigenvalue weighted by Gasteiger charge is 2.21. The number of nitrogens with zero attached hydrogens (tertiary/aromatic N) is 2. The summed E-state index contributed by atoms with van der Waals surface area (Å²) in [6.07, 6.45) is 1.69. The summed E-state index contributed by atoms with van der Waals surface area (Å²) in [7, 11) is 0. The number of para-hydroxylation sites is 1. The van der Waals surface area contributed by atoms with Crippen molar-refractivity contribution in [3.05, 3.63) is 64.2 Å². The summed E-state index contributed by atoms with van der Waals surface area (Å²) < 4.78 is 11.5. The minimum absolute atomic E-state index is 0.0762. The fourth-order valence-electron chi connectivity index (χ4n) is 3.80. The van der Waals surface area contributed by atoms with Gasteiger partial charge in [-0.25, -0.2) is 4.98 Å². The van der Waals surface area contributed by atoms with E-state index in [-0.39, 0.29) is 41.0 Å². The van der Waals surface area contributed by atoms with Crippen molar-refractivity contribution in [1.29, 1.82) is 0 Å². The predicted molar refractivity (Wildman–Crippen MR) is 136 cm³/mol. The second kappa shape index (κ2) is 11.2. The fraction of sp³-hybridized carbons (Fsp3) is 0.346. The molecule has 0 bridgehead atoms. The van der Waals surface area contributed by atoms with Crippen molar-refractivity contribution in [3.63, 3.8) is 0 Å². The molecule has 0 spiro atoms. The van der Waals surface area contributed by atoms with Crippen LogP contribution in [0.4, 0.5) is 0 Å². The van der Waals surface area contributed by atoms with Gasteiger partial charge in [0.05, 0.1) is 22.5 Å². The van der Waals surface area contributed by atoms with Crippen LogP contribution in [-0.2, 0) is 4.79 Å². The Morgan fingerprint density at radius 1 is 1.09 bits per heavy atom. The average molecular weight is 484 g/mol. The van der Waals surface area contributed by atoms with Crippen LogP contribution in [0.3, 0.4) is 0 Å². The minimum Gasteiger partial charge on any atom is -0.490 e. The lowest BCUT2D eigenvalue weighted by Gasteiger charge is -2.30. The monoisotopic (exact) mass is 483 g/mol. The van der Waals surface area contributed by atoms with Gasteiger partial charge in [0.2, 0.25) is 0 Å². The van der Waals surface area contributed by atoms with Gasteiger partial charge in [0.25, 0.3) is 11.5 Å². The first-order valence-corrected chi connectivity index (χ1v) is 11.7. The minimum atomic E-state index is -0.257. The van der Waals surface area contributed by atoms with Gasteiger partial charge in [-0.2, -0.15) is 0 Å². The van der Waals surface area contributed by atoms with Gasteiger partial charge in [-0.15, -0.1) is 0 Å². The Balaban J connectivity index is 1.84. The molecule has 1 amide bonds. The van der Waals surface area contributed by atoms with Crippen LogP contribution >= 0.6 is 11.6 Å². The van der Waals surface area contributed by atoms with E-state index in [1.165, 1.54) is 0 Å². The van der Waals surface area contributed by atoms with Crippen LogP contribution in [0.1, 0.15) is 46.0 Å². The summed E-state index contributed by atoms with van der Waals surface area (Å²) in [5, 5.41) is 0.776. The summed E-state index contributed by atoms with van der Waals surface area (Å²) in [5.41, 5.74) is 1.04. The average Bonchev–Trinajstić information content (AvgIpc) is 2.78. The topological polar surface area (TPSA) is 84.5 Å². The number of aromatic nitrogens is 2. The number of rotatable bonds is 9. The third-order valence-electron chi connectivity index (χ3n) is 5.15. The van der Waals surface area contributed by atoms with Crippen LogP contribution in [0.2, 0.25) is 0 Å². The maximum Gasteiger partial charge on any atom is 0.260 e. The molecule has 7 nitrogen and oxygen atoms in total. The van der Waals surface area contributed by atoms with E-state index in [2.05, 4.69) is 9.97 Å². The van der Waals surface area contributed by atoms with Crippen LogP contribution in [0, 0.1) is 0 Å². The molecular formula is C26H30ClN3O4. The van der Waals surface area contributed by atoms with Gasteiger partial charge in [0, 0.05) is 12.1 Å². The summed E-state index contributed by atoms with van der Waals surface area (Å²) in [6, 6.07) is 12.5. The molecule has 0 radical (unpaired) electrons. The number of H-pyrrole nitrogens is 1. The molecule has 0 saturated carbocycles. The zero-order valence-electron chi connectivity index (χ0n) is 20.1. The van der Waals surface area contributed by atoms with Crippen LogP contribution in [-0.4, -0.2) is 46.1 Å². The van der Waals surface area contributed by atoms with Gasteiger partial charge in [0.15, 0.2) is 23.9 Å². The Morgan fingerprint density at radius 2 is 1.79 bits per heavy atom. The molecule has 2 aromatic carbocycles. The van der Waals surface area contributed by atoms with Gasteiger partial charge in [-0.05, 0) is 70.5 Å². The van der Waals surface area contributed by atoms with Gasteiger partial charge >= 0.3 is 0 Å². The molecule has 1 aromatic heterocycles. The number of amides is 1. The van der Waals surface area contributed by atoms with E-state index in [4.69, 9.17) is 21.1 Å². The fourth-order valence-corrected chi connectivity index (χ4v) is 4.02. The van der Waals surface area contributed by atoms with Gasteiger partial charge < -0.3 is 19.4 Å². The molecule has 0 fully saturated rings. The Morgan fingerprint density at radius 3 is 2.47 bits per heavy atom. The van der Waals surface area contributed by atoms with E-state index in [9.17, 15) is 9.59 Å². The Bertz CT molecular complexity index is 1240. The molecule has 180 valence electrons. The number of hydrogen-bond acceptors (Lipinski definition) is 5. The quantitative estimate of drug-likeness (QED) is 0.458. The highest BCUT2D eigenvalue weighted by molar-refractivity contribution is 6.50. The maximum atomic E-state index is 12.7. The molecule has 0 saturated heterocycles. The number of fused-ring (bicyclic) bond motifs is 1. The lowest BCUT2D eigenvalue weighted by Crippen LogP contribution is -2.44. The van der Waals surface area contributed by atoms with Crippen LogP contribution in [0.25, 0.3) is 22.0 Å². The first-order valence-electron chi connectivity index (χ1n) is 11.3. The SMILES string of the molecule is CCOc1cc(/C=C(\Cl)c2nc3ccccc3c(=O)[nH]2)ccc1OCC(=O)N(C(C)C)C(C)C. The zero-order chi connectivity index (χ0) is 24.8. The Kier molecular flexibility index (Phi) is 8.34. The molecule has 0 aliphatic rings. The molecule has 0 aliphatic carbocycles. The van der Waals surface area contributed by atoms with E-state index >= 15 is 0 Å². The normalized spacial score (nSPS) is 11.8. The summed E-state index contributed by atoms with van der Waals surface area (Å²) >= 11 is 6.49. The van der Waals surface area contributed by atoms with Crippen LogP contribution < -0.4 is 15.0 Å². The first-order chi connectivity index (χ1) is 16.2. The Hall–Kier alpha value is -3.32. The second-order valence-corrected chi connectivity index (χ2v) is 8.75. The number of carbonyl (C=O) groups is 1. The summed E-state index contributed by atoms with van der Waals surface area (Å²) in [6.45, 7) is 10.1. The second-order valence-electron chi connectivity index (χ2n) is 8.34. The predicted octanol–water partition coefficient (Wildman–Crippen LogP) is 5.08. The molecular weight excluding hydrogens is 454 g/mol. The number of benzene rings is 2. The molecule has 0 unspecified atom stereocenters. The highest BCUT2D eigenvalue weighted by Crippen LogP contribution is 2.31. The first kappa shape index (κ1) is 25.3. The maximum absolute atomic E-state index is 12.7. The molecule has 0 aliphatic heterocycles. The van der Waals surface area contributed by atoms with Crippen molar-refractivity contribution in [2.75, 3.05) is 13.2 Å². The Labute approximate surface area is 204 Å². The zero-order valence-corrected chi connectivity index (χ0v) is 20.8. The number of aromatic amines is 1. The largest absolute Gasteiger partial charge is 0.490 e. The van der Waals surface area contributed by atoms with Crippen LogP contribution in [0.5, 0.6) is 11.5 Å². The van der Waals surface area contributed by atoms with Gasteiger partial charge in [0.1, 0.15) is 0 Å². The smallest absolute Gasteiger partial charge is 0.260 e. The molecule has 1 heterocycles. The van der Waals surface area contributed by atoms with Crippen molar-refractivity contribution < 1.29 is 14.3 Å². The van der Waals surface area contributed by atoms with E-state index in [0.717, 1.165) is 5.56 Å². The number of ether oxygens (including phenoxy) is 2. The molecule has 3 aromatic rings. The van der Waals surface area contributed by atoms with Gasteiger partial charge in [-0.1, -0.05) is 29.8 Å². The molecule has 3 rings (SSSR count). The molecule has 8 heteroatoms. The van der Waals surface area contributed by atoms with E-state index < -0.39 is 0 Å². The van der Waals surface area contributed by atoms with Crippen molar-refractivity contribution in [3.8, 4) is 11.5 Å². The third-order valence-corrected chi connectivity index (χ3v) is 5.44.